The van der Waals surface area contributed by atoms with Crippen molar-refractivity contribution < 1.29 is 18.0 Å². The predicted octanol–water partition coefficient (Wildman–Crippen LogP) is 4.22. The van der Waals surface area contributed by atoms with E-state index in [0.29, 0.717) is 30.2 Å². The molecule has 0 aromatic carbocycles. The molecule has 3 aromatic rings. The molecule has 3 aromatic heterocycles. The Morgan fingerprint density at radius 2 is 2.06 bits per heavy atom. The van der Waals surface area contributed by atoms with Crippen LogP contribution in [0.3, 0.4) is 0 Å². The highest BCUT2D eigenvalue weighted by Gasteiger charge is 2.36. The number of halogens is 3. The molecule has 0 radical (unpaired) electrons. The molecular formula is C22H24F3N5O. The van der Waals surface area contributed by atoms with Gasteiger partial charge in [0.2, 0.25) is 5.91 Å². The Kier molecular flexibility index (Phi) is 5.68. The first-order valence-electron chi connectivity index (χ1n) is 10.4. The molecule has 9 heteroatoms. The minimum Gasteiger partial charge on any atom is -0.342 e. The maximum atomic E-state index is 13.6. The Hall–Kier alpha value is -2.97. The number of alkyl halides is 3. The van der Waals surface area contributed by atoms with E-state index < -0.39 is 11.9 Å². The van der Waals surface area contributed by atoms with Crippen molar-refractivity contribution in [3.8, 4) is 0 Å². The Morgan fingerprint density at radius 3 is 2.74 bits per heavy atom. The molecule has 0 spiro atoms. The van der Waals surface area contributed by atoms with Crippen LogP contribution in [0, 0.1) is 0 Å². The fourth-order valence-corrected chi connectivity index (χ4v) is 3.92. The van der Waals surface area contributed by atoms with Gasteiger partial charge in [0.1, 0.15) is 5.69 Å². The molecule has 4 heterocycles. The van der Waals surface area contributed by atoms with E-state index in [-0.39, 0.29) is 29.8 Å². The fourth-order valence-electron chi connectivity index (χ4n) is 3.92. The maximum Gasteiger partial charge on any atom is 0.433 e. The van der Waals surface area contributed by atoms with Crippen molar-refractivity contribution in [3.63, 3.8) is 0 Å². The summed E-state index contributed by atoms with van der Waals surface area (Å²) in [5.74, 6) is -0.311. The van der Waals surface area contributed by atoms with Crippen molar-refractivity contribution in [1.82, 2.24) is 24.5 Å². The summed E-state index contributed by atoms with van der Waals surface area (Å²) in [7, 11) is 0. The van der Waals surface area contributed by atoms with Crippen LogP contribution in [0.25, 0.3) is 5.65 Å². The standard InChI is InChI=1S/C22H24F3N5O/c1-14(2)17-11-19(22(23,24)25)30-20(27-17)12-18(28-30)15-6-5-9-29(13-15)21(31)10-16-7-3-4-8-26-16/h3-4,7-8,11-12,14-15H,5-6,9-10,13H2,1-2H3/t15-/m1/s1. The van der Waals surface area contributed by atoms with E-state index in [4.69, 9.17) is 0 Å². The van der Waals surface area contributed by atoms with Gasteiger partial charge in [-0.3, -0.25) is 9.78 Å². The SMILES string of the molecule is CC(C)c1cc(C(F)(F)F)n2nc([C@@H]3CCCN(C(=O)Cc4ccccn4)C3)cc2n1. The highest BCUT2D eigenvalue weighted by Crippen LogP contribution is 2.33. The van der Waals surface area contributed by atoms with Gasteiger partial charge >= 0.3 is 6.18 Å². The predicted molar refractivity (Wildman–Crippen MR) is 109 cm³/mol. The molecule has 1 aliphatic rings. The molecule has 0 saturated carbocycles. The number of fused-ring (bicyclic) bond motifs is 1. The molecule has 4 rings (SSSR count). The van der Waals surface area contributed by atoms with E-state index in [2.05, 4.69) is 15.1 Å². The van der Waals surface area contributed by atoms with Gasteiger partial charge in [-0.1, -0.05) is 19.9 Å². The molecule has 6 nitrogen and oxygen atoms in total. The Labute approximate surface area is 178 Å². The second kappa shape index (κ2) is 8.28. The number of pyridine rings is 1. The zero-order valence-corrected chi connectivity index (χ0v) is 17.4. The van der Waals surface area contributed by atoms with Gasteiger partial charge in [-0.05, 0) is 37.0 Å². The smallest absolute Gasteiger partial charge is 0.342 e. The molecular weight excluding hydrogens is 407 g/mol. The lowest BCUT2D eigenvalue weighted by molar-refractivity contribution is -0.142. The number of carbonyl (C=O) groups is 1. The summed E-state index contributed by atoms with van der Waals surface area (Å²) < 4.78 is 41.8. The number of hydrogen-bond donors (Lipinski definition) is 0. The van der Waals surface area contributed by atoms with Crippen molar-refractivity contribution in [3.05, 3.63) is 59.3 Å². The molecule has 31 heavy (non-hydrogen) atoms. The van der Waals surface area contributed by atoms with Crippen LogP contribution in [-0.4, -0.2) is 43.5 Å². The van der Waals surface area contributed by atoms with Crippen LogP contribution in [0.5, 0.6) is 0 Å². The van der Waals surface area contributed by atoms with Gasteiger partial charge in [-0.25, -0.2) is 9.50 Å². The van der Waals surface area contributed by atoms with Gasteiger partial charge in [0.25, 0.3) is 0 Å². The summed E-state index contributed by atoms with van der Waals surface area (Å²) in [6.45, 7) is 4.66. The number of nitrogens with zero attached hydrogens (tertiary/aromatic N) is 5. The number of piperidine rings is 1. The molecule has 1 amide bonds. The monoisotopic (exact) mass is 431 g/mol. The third-order valence-corrected chi connectivity index (χ3v) is 5.60. The molecule has 164 valence electrons. The van der Waals surface area contributed by atoms with Gasteiger partial charge in [-0.2, -0.15) is 18.3 Å². The minimum atomic E-state index is -4.54. The highest BCUT2D eigenvalue weighted by molar-refractivity contribution is 5.78. The Bertz CT molecular complexity index is 1080. The lowest BCUT2D eigenvalue weighted by Crippen LogP contribution is -2.40. The zero-order valence-electron chi connectivity index (χ0n) is 17.4. The molecule has 0 bridgehead atoms. The van der Waals surface area contributed by atoms with Crippen molar-refractivity contribution in [2.75, 3.05) is 13.1 Å². The van der Waals surface area contributed by atoms with Gasteiger partial charge in [0.15, 0.2) is 5.65 Å². The molecule has 1 fully saturated rings. The van der Waals surface area contributed by atoms with Gasteiger partial charge < -0.3 is 4.90 Å². The van der Waals surface area contributed by atoms with Crippen molar-refractivity contribution >= 4 is 11.6 Å². The van der Waals surface area contributed by atoms with Crippen LogP contribution < -0.4 is 0 Å². The number of aromatic nitrogens is 4. The first-order chi connectivity index (χ1) is 14.7. The molecule has 0 aliphatic carbocycles. The van der Waals surface area contributed by atoms with Crippen molar-refractivity contribution in [1.29, 1.82) is 0 Å². The van der Waals surface area contributed by atoms with E-state index in [1.54, 1.807) is 29.3 Å². The molecule has 1 atom stereocenters. The van der Waals surface area contributed by atoms with Gasteiger partial charge in [-0.15, -0.1) is 0 Å². The largest absolute Gasteiger partial charge is 0.433 e. The number of hydrogen-bond acceptors (Lipinski definition) is 4. The van der Waals surface area contributed by atoms with E-state index in [9.17, 15) is 18.0 Å². The topological polar surface area (TPSA) is 63.4 Å². The van der Waals surface area contributed by atoms with Crippen LogP contribution in [0.4, 0.5) is 13.2 Å². The lowest BCUT2D eigenvalue weighted by Gasteiger charge is -2.32. The molecule has 1 saturated heterocycles. The van der Waals surface area contributed by atoms with Crippen molar-refractivity contribution in [2.24, 2.45) is 0 Å². The van der Waals surface area contributed by atoms with Crippen LogP contribution in [0.2, 0.25) is 0 Å². The zero-order chi connectivity index (χ0) is 22.2. The first-order valence-corrected chi connectivity index (χ1v) is 10.4. The third kappa shape index (κ3) is 4.55. The Balaban J connectivity index is 1.60. The summed E-state index contributed by atoms with van der Waals surface area (Å²) in [4.78, 5) is 23.1. The number of likely N-dealkylation sites (tertiary alicyclic amines) is 1. The second-order valence-electron chi connectivity index (χ2n) is 8.23. The van der Waals surface area contributed by atoms with E-state index in [1.807, 2.05) is 19.9 Å². The van der Waals surface area contributed by atoms with Crippen LogP contribution in [-0.2, 0) is 17.4 Å². The number of carbonyl (C=O) groups excluding carboxylic acids is 1. The molecule has 1 aliphatic heterocycles. The van der Waals surface area contributed by atoms with E-state index in [0.717, 1.165) is 23.4 Å². The van der Waals surface area contributed by atoms with Gasteiger partial charge in [0.05, 0.1) is 12.1 Å². The van der Waals surface area contributed by atoms with E-state index in [1.165, 1.54) is 0 Å². The van der Waals surface area contributed by atoms with Crippen LogP contribution in [0.15, 0.2) is 36.5 Å². The normalized spacial score (nSPS) is 17.5. The number of rotatable bonds is 4. The summed E-state index contributed by atoms with van der Waals surface area (Å²) in [5.41, 5.74) is 0.968. The Morgan fingerprint density at radius 1 is 1.26 bits per heavy atom. The average molecular weight is 431 g/mol. The van der Waals surface area contributed by atoms with E-state index >= 15 is 0 Å². The van der Waals surface area contributed by atoms with Crippen molar-refractivity contribution in [2.45, 2.75) is 51.1 Å². The summed E-state index contributed by atoms with van der Waals surface area (Å²) in [5, 5.41) is 4.26. The molecule has 0 N–H and O–H groups in total. The minimum absolute atomic E-state index is 0.0386. The summed E-state index contributed by atoms with van der Waals surface area (Å²) >= 11 is 0. The summed E-state index contributed by atoms with van der Waals surface area (Å²) in [6.07, 6.45) is -1.16. The molecule has 0 unspecified atom stereocenters. The quantitative estimate of drug-likeness (QED) is 0.621. The lowest BCUT2D eigenvalue weighted by atomic mass is 9.94. The number of amides is 1. The maximum absolute atomic E-state index is 13.6. The highest BCUT2D eigenvalue weighted by atomic mass is 19.4. The van der Waals surface area contributed by atoms with Gasteiger partial charge in [0, 0.05) is 42.7 Å². The fraction of sp³-hybridized carbons (Fsp3) is 0.455. The van der Waals surface area contributed by atoms with Crippen LogP contribution in [0.1, 0.15) is 61.3 Å². The second-order valence-corrected chi connectivity index (χ2v) is 8.23. The van der Waals surface area contributed by atoms with Crippen LogP contribution >= 0.6 is 0 Å². The average Bonchev–Trinajstić information content (AvgIpc) is 3.17. The third-order valence-electron chi connectivity index (χ3n) is 5.60. The summed E-state index contributed by atoms with van der Waals surface area (Å²) in [6, 6.07) is 8.12. The first kappa shape index (κ1) is 21.3.